The number of methoxy groups -OCH3 is 2. The number of benzene rings is 2. The number of alkyl halides is 1. The van der Waals surface area contributed by atoms with Gasteiger partial charge in [-0.3, -0.25) is 4.90 Å². The van der Waals surface area contributed by atoms with E-state index in [0.717, 1.165) is 50.9 Å². The van der Waals surface area contributed by atoms with Crippen molar-refractivity contribution >= 4 is 23.3 Å². The summed E-state index contributed by atoms with van der Waals surface area (Å²) in [6.45, 7) is 1.70. The highest BCUT2D eigenvalue weighted by atomic mass is 35.5. The summed E-state index contributed by atoms with van der Waals surface area (Å²) >= 11 is 6.11. The minimum Gasteiger partial charge on any atom is -0.493 e. The van der Waals surface area contributed by atoms with Gasteiger partial charge in [0.1, 0.15) is 0 Å². The van der Waals surface area contributed by atoms with Crippen LogP contribution in [0.15, 0.2) is 36.4 Å². The number of nitrogens with zero attached hydrogens (tertiary/aromatic N) is 1. The van der Waals surface area contributed by atoms with Crippen molar-refractivity contribution in [3.8, 4) is 11.5 Å². The van der Waals surface area contributed by atoms with Crippen LogP contribution in [0.4, 0.5) is 19.3 Å². The number of anilines is 1. The fourth-order valence-electron chi connectivity index (χ4n) is 5.56. The van der Waals surface area contributed by atoms with Crippen molar-refractivity contribution in [1.82, 2.24) is 10.2 Å². The van der Waals surface area contributed by atoms with Gasteiger partial charge in [0.2, 0.25) is 0 Å². The van der Waals surface area contributed by atoms with E-state index in [9.17, 15) is 13.6 Å². The van der Waals surface area contributed by atoms with Crippen molar-refractivity contribution in [2.45, 2.75) is 43.2 Å². The SMILES string of the molecule is COc1ccc(C23CCC(NC(=O)Nc4ccc(F)c(F)c4)CC2N(CCCl)CC3)cc1OC. The molecular formula is C25H30ClF2N3O3. The van der Waals surface area contributed by atoms with E-state index in [2.05, 4.69) is 27.7 Å². The second-order valence-corrected chi connectivity index (χ2v) is 9.29. The Hall–Kier alpha value is -2.58. The van der Waals surface area contributed by atoms with Crippen molar-refractivity contribution < 1.29 is 23.0 Å². The minimum absolute atomic E-state index is 0.0560. The molecule has 0 bridgehead atoms. The zero-order valence-electron chi connectivity index (χ0n) is 19.4. The minimum atomic E-state index is -1.00. The third-order valence-corrected chi connectivity index (χ3v) is 7.38. The van der Waals surface area contributed by atoms with Crippen LogP contribution in [0.1, 0.15) is 31.2 Å². The number of hydrogen-bond donors (Lipinski definition) is 2. The number of ether oxygens (including phenoxy) is 2. The number of amides is 2. The third kappa shape index (κ3) is 4.79. The molecule has 34 heavy (non-hydrogen) atoms. The molecule has 0 aromatic heterocycles. The summed E-state index contributed by atoms with van der Waals surface area (Å²) in [5, 5.41) is 5.62. The number of carbonyl (C=O) groups excluding carboxylic acids is 1. The van der Waals surface area contributed by atoms with E-state index < -0.39 is 17.7 Å². The summed E-state index contributed by atoms with van der Waals surface area (Å²) < 4.78 is 37.6. The molecule has 1 saturated heterocycles. The standard InChI is InChI=1S/C25H30ClF2N3O3/c1-33-21-6-3-16(13-22(21)34-2)25-8-7-18(15-23(25)31(11-9-25)12-10-26)30-24(32)29-17-4-5-19(27)20(28)14-17/h3-6,13-14,18,23H,7-12,15H2,1-2H3,(H2,29,30,32). The van der Waals surface area contributed by atoms with Gasteiger partial charge < -0.3 is 20.1 Å². The van der Waals surface area contributed by atoms with Gasteiger partial charge in [-0.1, -0.05) is 6.07 Å². The van der Waals surface area contributed by atoms with Crippen LogP contribution in [0.3, 0.4) is 0 Å². The topological polar surface area (TPSA) is 62.8 Å². The van der Waals surface area contributed by atoms with E-state index >= 15 is 0 Å². The molecule has 3 atom stereocenters. The number of carbonyl (C=O) groups is 1. The average Bonchev–Trinajstić information content (AvgIpc) is 3.20. The molecule has 2 aliphatic rings. The van der Waals surface area contributed by atoms with Crippen molar-refractivity contribution in [3.63, 3.8) is 0 Å². The lowest BCUT2D eigenvalue weighted by atomic mass is 9.65. The van der Waals surface area contributed by atoms with Crippen LogP contribution in [0.25, 0.3) is 0 Å². The molecule has 2 fully saturated rings. The smallest absolute Gasteiger partial charge is 0.319 e. The van der Waals surface area contributed by atoms with Gasteiger partial charge in [-0.25, -0.2) is 13.6 Å². The van der Waals surface area contributed by atoms with Gasteiger partial charge in [-0.2, -0.15) is 0 Å². The fraction of sp³-hybridized carbons (Fsp3) is 0.480. The number of rotatable bonds is 7. The van der Waals surface area contributed by atoms with Crippen LogP contribution in [0.5, 0.6) is 11.5 Å². The number of halogens is 3. The predicted octanol–water partition coefficient (Wildman–Crippen LogP) is 4.91. The van der Waals surface area contributed by atoms with Gasteiger partial charge in [0.15, 0.2) is 23.1 Å². The molecule has 1 saturated carbocycles. The molecule has 4 rings (SSSR count). The highest BCUT2D eigenvalue weighted by molar-refractivity contribution is 6.18. The van der Waals surface area contributed by atoms with Gasteiger partial charge in [0, 0.05) is 41.7 Å². The zero-order chi connectivity index (χ0) is 24.3. The van der Waals surface area contributed by atoms with Crippen LogP contribution in [-0.2, 0) is 5.41 Å². The Morgan fingerprint density at radius 3 is 2.62 bits per heavy atom. The summed E-state index contributed by atoms with van der Waals surface area (Å²) in [4.78, 5) is 15.0. The number of fused-ring (bicyclic) bond motifs is 1. The van der Waals surface area contributed by atoms with Crippen LogP contribution in [0.2, 0.25) is 0 Å². The van der Waals surface area contributed by atoms with Gasteiger partial charge in [-0.15, -0.1) is 11.6 Å². The quantitative estimate of drug-likeness (QED) is 0.538. The maximum atomic E-state index is 13.5. The maximum absolute atomic E-state index is 13.5. The summed E-state index contributed by atoms with van der Waals surface area (Å²) in [6.07, 6.45) is 3.45. The Kier molecular flexibility index (Phi) is 7.48. The lowest BCUT2D eigenvalue weighted by Crippen LogP contribution is -2.53. The number of likely N-dealkylation sites (tertiary alicyclic amines) is 1. The molecule has 2 N–H and O–H groups in total. The van der Waals surface area contributed by atoms with E-state index in [1.807, 2.05) is 6.07 Å². The fourth-order valence-corrected chi connectivity index (χ4v) is 5.78. The molecule has 6 nitrogen and oxygen atoms in total. The summed E-state index contributed by atoms with van der Waals surface area (Å²) in [5.74, 6) is -0.0231. The van der Waals surface area contributed by atoms with Gasteiger partial charge in [-0.05, 0) is 62.1 Å². The van der Waals surface area contributed by atoms with Crippen LogP contribution < -0.4 is 20.1 Å². The van der Waals surface area contributed by atoms with E-state index in [0.29, 0.717) is 17.4 Å². The van der Waals surface area contributed by atoms with Crippen LogP contribution >= 0.6 is 11.6 Å². The molecule has 2 amide bonds. The Morgan fingerprint density at radius 2 is 1.91 bits per heavy atom. The first-order valence-corrected chi connectivity index (χ1v) is 12.0. The van der Waals surface area contributed by atoms with E-state index in [-0.39, 0.29) is 23.2 Å². The average molecular weight is 494 g/mol. The first-order chi connectivity index (χ1) is 16.4. The highest BCUT2D eigenvalue weighted by Gasteiger charge is 2.51. The Balaban J connectivity index is 1.51. The molecule has 2 aromatic carbocycles. The van der Waals surface area contributed by atoms with Gasteiger partial charge in [0.25, 0.3) is 0 Å². The molecule has 9 heteroatoms. The molecule has 0 spiro atoms. The van der Waals surface area contributed by atoms with Crippen molar-refractivity contribution in [2.24, 2.45) is 0 Å². The van der Waals surface area contributed by atoms with Crippen LogP contribution in [0, 0.1) is 11.6 Å². The molecule has 3 unspecified atom stereocenters. The van der Waals surface area contributed by atoms with Gasteiger partial charge >= 0.3 is 6.03 Å². The van der Waals surface area contributed by atoms with E-state index in [1.165, 1.54) is 11.6 Å². The first kappa shape index (κ1) is 24.5. The molecule has 1 aliphatic heterocycles. The summed E-state index contributed by atoms with van der Waals surface area (Å²) in [5.41, 5.74) is 1.34. The van der Waals surface area contributed by atoms with Crippen molar-refractivity contribution in [3.05, 3.63) is 53.6 Å². The first-order valence-electron chi connectivity index (χ1n) is 11.5. The zero-order valence-corrected chi connectivity index (χ0v) is 20.1. The third-order valence-electron chi connectivity index (χ3n) is 7.21. The monoisotopic (exact) mass is 493 g/mol. The Labute approximate surface area is 203 Å². The van der Waals surface area contributed by atoms with Crippen LogP contribution in [-0.4, -0.2) is 56.2 Å². The number of nitrogens with one attached hydrogen (secondary N) is 2. The molecule has 1 aliphatic carbocycles. The molecule has 0 radical (unpaired) electrons. The largest absolute Gasteiger partial charge is 0.493 e. The van der Waals surface area contributed by atoms with E-state index in [1.54, 1.807) is 14.2 Å². The van der Waals surface area contributed by atoms with Crippen molar-refractivity contribution in [1.29, 1.82) is 0 Å². The normalized spacial score (nSPS) is 24.4. The molecule has 1 heterocycles. The summed E-state index contributed by atoms with van der Waals surface area (Å²) in [7, 11) is 3.26. The predicted molar refractivity (Wildman–Crippen MR) is 128 cm³/mol. The second kappa shape index (κ2) is 10.4. The maximum Gasteiger partial charge on any atom is 0.319 e. The molecular weight excluding hydrogens is 464 g/mol. The molecule has 2 aromatic rings. The van der Waals surface area contributed by atoms with Gasteiger partial charge in [0.05, 0.1) is 14.2 Å². The number of urea groups is 1. The Bertz CT molecular complexity index is 1040. The summed E-state index contributed by atoms with van der Waals surface area (Å²) in [6, 6.07) is 9.14. The molecule has 184 valence electrons. The highest BCUT2D eigenvalue weighted by Crippen LogP contribution is 2.50. The van der Waals surface area contributed by atoms with E-state index in [4.69, 9.17) is 21.1 Å². The lowest BCUT2D eigenvalue weighted by Gasteiger charge is -2.45. The Morgan fingerprint density at radius 1 is 1.12 bits per heavy atom. The number of hydrogen-bond acceptors (Lipinski definition) is 4. The second-order valence-electron chi connectivity index (χ2n) is 8.92. The lowest BCUT2D eigenvalue weighted by molar-refractivity contribution is 0.141. The van der Waals surface area contributed by atoms with Crippen molar-refractivity contribution in [2.75, 3.05) is 38.5 Å².